The Kier molecular flexibility index (Phi) is 5.76. The van der Waals surface area contributed by atoms with Crippen molar-refractivity contribution in [2.24, 2.45) is 5.92 Å². The van der Waals surface area contributed by atoms with E-state index in [1.807, 2.05) is 20.8 Å². The summed E-state index contributed by atoms with van der Waals surface area (Å²) in [7, 11) is 0. The van der Waals surface area contributed by atoms with Crippen LogP contribution in [0, 0.1) is 16.0 Å². The summed E-state index contributed by atoms with van der Waals surface area (Å²) in [6, 6.07) is 2.67. The molecule has 0 aliphatic carbocycles. The first-order valence-corrected chi connectivity index (χ1v) is 6.74. The zero-order valence-electron chi connectivity index (χ0n) is 11.7. The molecule has 0 saturated heterocycles. The molecule has 0 spiro atoms. The minimum Gasteiger partial charge on any atom is -0.379 e. The average Bonchev–Trinajstić information content (AvgIpc) is 2.37. The van der Waals surface area contributed by atoms with Crippen LogP contribution in [-0.2, 0) is 0 Å². The van der Waals surface area contributed by atoms with Crippen LogP contribution in [0.15, 0.2) is 12.1 Å². The van der Waals surface area contributed by atoms with Gasteiger partial charge in [-0.3, -0.25) is 14.9 Å². The van der Waals surface area contributed by atoms with Crippen molar-refractivity contribution in [1.82, 2.24) is 5.32 Å². The Balaban J connectivity index is 3.11. The van der Waals surface area contributed by atoms with Gasteiger partial charge in [0, 0.05) is 24.7 Å². The number of rotatable bonds is 6. The van der Waals surface area contributed by atoms with Crippen molar-refractivity contribution < 1.29 is 9.72 Å². The number of hydrogen-bond acceptors (Lipinski definition) is 4. The van der Waals surface area contributed by atoms with Crippen LogP contribution in [0.25, 0.3) is 0 Å². The zero-order valence-corrected chi connectivity index (χ0v) is 12.5. The first kappa shape index (κ1) is 16.2. The van der Waals surface area contributed by atoms with Crippen molar-refractivity contribution in [3.63, 3.8) is 0 Å². The van der Waals surface area contributed by atoms with Gasteiger partial charge in [0.05, 0.1) is 9.95 Å². The highest BCUT2D eigenvalue weighted by Gasteiger charge is 2.21. The molecule has 1 rings (SSSR count). The number of carbonyl (C=O) groups is 1. The third-order valence-electron chi connectivity index (χ3n) is 2.55. The van der Waals surface area contributed by atoms with Crippen LogP contribution in [0.2, 0.25) is 5.02 Å². The first-order valence-electron chi connectivity index (χ1n) is 6.36. The molecular formula is C13H18ClN3O3. The van der Waals surface area contributed by atoms with Gasteiger partial charge in [0.15, 0.2) is 0 Å². The molecule has 0 aliphatic heterocycles. The Hall–Kier alpha value is -1.82. The summed E-state index contributed by atoms with van der Waals surface area (Å²) in [5.74, 6) is -0.0720. The fourth-order valence-electron chi connectivity index (χ4n) is 1.62. The molecule has 0 aliphatic rings. The van der Waals surface area contributed by atoms with E-state index in [2.05, 4.69) is 10.6 Å². The van der Waals surface area contributed by atoms with Crippen molar-refractivity contribution in [1.29, 1.82) is 0 Å². The fraction of sp³-hybridized carbons (Fsp3) is 0.462. The minimum atomic E-state index is -0.552. The molecule has 6 nitrogen and oxygen atoms in total. The Labute approximate surface area is 122 Å². The van der Waals surface area contributed by atoms with Gasteiger partial charge in [-0.2, -0.15) is 0 Å². The number of carbonyl (C=O) groups excluding carboxylic acids is 1. The lowest BCUT2D eigenvalue weighted by molar-refractivity contribution is -0.384. The summed E-state index contributed by atoms with van der Waals surface area (Å²) in [6.07, 6.45) is 0. The predicted octanol–water partition coefficient (Wildman–Crippen LogP) is 3.07. The summed E-state index contributed by atoms with van der Waals surface area (Å²) >= 11 is 6.02. The molecule has 0 unspecified atom stereocenters. The van der Waals surface area contributed by atoms with Crippen LogP contribution in [0.1, 0.15) is 31.1 Å². The molecule has 110 valence electrons. The number of nitro benzene ring substituents is 1. The van der Waals surface area contributed by atoms with Crippen LogP contribution >= 0.6 is 11.6 Å². The van der Waals surface area contributed by atoms with E-state index >= 15 is 0 Å². The smallest absolute Gasteiger partial charge is 0.294 e. The van der Waals surface area contributed by atoms with Crippen LogP contribution < -0.4 is 10.6 Å². The normalized spacial score (nSPS) is 10.4. The van der Waals surface area contributed by atoms with Crippen LogP contribution in [-0.4, -0.2) is 23.9 Å². The molecule has 0 bridgehead atoms. The molecule has 0 heterocycles. The van der Waals surface area contributed by atoms with E-state index in [0.29, 0.717) is 19.0 Å². The fourth-order valence-corrected chi connectivity index (χ4v) is 1.90. The second-order valence-corrected chi connectivity index (χ2v) is 5.15. The average molecular weight is 300 g/mol. The molecule has 1 amide bonds. The van der Waals surface area contributed by atoms with E-state index in [0.717, 1.165) is 0 Å². The van der Waals surface area contributed by atoms with Gasteiger partial charge in [0.1, 0.15) is 5.69 Å². The summed E-state index contributed by atoms with van der Waals surface area (Å²) in [5.41, 5.74) is 0.220. The van der Waals surface area contributed by atoms with E-state index < -0.39 is 4.92 Å². The van der Waals surface area contributed by atoms with E-state index in [-0.39, 0.29) is 27.9 Å². The van der Waals surface area contributed by atoms with E-state index in [1.165, 1.54) is 12.1 Å². The molecule has 1 aromatic carbocycles. The molecule has 0 radical (unpaired) electrons. The standard InChI is InChI=1S/C13H18ClN3O3/c1-4-15-12-10(14)5-9(6-11(12)17(19)20)13(18)16-7-8(2)3/h5-6,8,15H,4,7H2,1-3H3,(H,16,18). The lowest BCUT2D eigenvalue weighted by Gasteiger charge is -2.11. The van der Waals surface area contributed by atoms with Gasteiger partial charge in [0.25, 0.3) is 11.6 Å². The highest BCUT2D eigenvalue weighted by molar-refractivity contribution is 6.34. The third-order valence-corrected chi connectivity index (χ3v) is 2.85. The number of nitro groups is 1. The molecule has 2 N–H and O–H groups in total. The number of benzene rings is 1. The lowest BCUT2D eigenvalue weighted by Crippen LogP contribution is -2.27. The monoisotopic (exact) mass is 299 g/mol. The first-order chi connectivity index (χ1) is 9.36. The maximum Gasteiger partial charge on any atom is 0.294 e. The van der Waals surface area contributed by atoms with Crippen molar-refractivity contribution in [3.05, 3.63) is 32.8 Å². The lowest BCUT2D eigenvalue weighted by atomic mass is 10.1. The number of nitrogens with zero attached hydrogens (tertiary/aromatic N) is 1. The number of halogens is 1. The summed E-state index contributed by atoms with van der Waals surface area (Å²) in [5, 5.41) is 16.8. The topological polar surface area (TPSA) is 84.3 Å². The van der Waals surface area contributed by atoms with E-state index in [9.17, 15) is 14.9 Å². The number of nitrogens with one attached hydrogen (secondary N) is 2. The van der Waals surface area contributed by atoms with Crippen molar-refractivity contribution >= 4 is 28.9 Å². The minimum absolute atomic E-state index is 0.163. The summed E-state index contributed by atoms with van der Waals surface area (Å²) in [4.78, 5) is 22.4. The van der Waals surface area contributed by atoms with Crippen molar-refractivity contribution in [2.75, 3.05) is 18.4 Å². The summed E-state index contributed by atoms with van der Waals surface area (Å²) < 4.78 is 0. The van der Waals surface area contributed by atoms with Gasteiger partial charge < -0.3 is 10.6 Å². The second kappa shape index (κ2) is 7.09. The van der Waals surface area contributed by atoms with E-state index in [1.54, 1.807) is 0 Å². The Morgan fingerprint density at radius 3 is 2.60 bits per heavy atom. The van der Waals surface area contributed by atoms with Crippen molar-refractivity contribution in [2.45, 2.75) is 20.8 Å². The largest absolute Gasteiger partial charge is 0.379 e. The van der Waals surface area contributed by atoms with Gasteiger partial charge in [0.2, 0.25) is 0 Å². The molecular weight excluding hydrogens is 282 g/mol. The molecule has 0 saturated carbocycles. The van der Waals surface area contributed by atoms with Gasteiger partial charge in [-0.1, -0.05) is 25.4 Å². The molecule has 0 aromatic heterocycles. The Morgan fingerprint density at radius 1 is 1.45 bits per heavy atom. The highest BCUT2D eigenvalue weighted by Crippen LogP contribution is 2.33. The molecule has 7 heteroatoms. The van der Waals surface area contributed by atoms with Crippen LogP contribution in [0.4, 0.5) is 11.4 Å². The summed E-state index contributed by atoms with van der Waals surface area (Å²) in [6.45, 7) is 6.73. The number of hydrogen-bond donors (Lipinski definition) is 2. The number of anilines is 1. The van der Waals surface area contributed by atoms with Gasteiger partial charge in [-0.25, -0.2) is 0 Å². The molecule has 0 fully saturated rings. The van der Waals surface area contributed by atoms with E-state index in [4.69, 9.17) is 11.6 Å². The van der Waals surface area contributed by atoms with Crippen molar-refractivity contribution in [3.8, 4) is 0 Å². The molecule has 20 heavy (non-hydrogen) atoms. The Bertz CT molecular complexity index is 518. The zero-order chi connectivity index (χ0) is 15.3. The van der Waals surface area contributed by atoms with Crippen LogP contribution in [0.5, 0.6) is 0 Å². The maximum atomic E-state index is 11.9. The van der Waals surface area contributed by atoms with Gasteiger partial charge in [-0.05, 0) is 18.9 Å². The third kappa shape index (κ3) is 4.09. The second-order valence-electron chi connectivity index (χ2n) is 4.74. The highest BCUT2D eigenvalue weighted by atomic mass is 35.5. The number of amides is 1. The predicted molar refractivity (Wildman–Crippen MR) is 79.4 cm³/mol. The van der Waals surface area contributed by atoms with Gasteiger partial charge in [-0.15, -0.1) is 0 Å². The maximum absolute atomic E-state index is 11.9. The Morgan fingerprint density at radius 2 is 2.10 bits per heavy atom. The molecule has 1 aromatic rings. The van der Waals surface area contributed by atoms with Crippen LogP contribution in [0.3, 0.4) is 0 Å². The molecule has 0 atom stereocenters. The quantitative estimate of drug-likeness (QED) is 0.624. The SMILES string of the molecule is CCNc1c(Cl)cc(C(=O)NCC(C)C)cc1[N+](=O)[O-]. The van der Waals surface area contributed by atoms with Gasteiger partial charge >= 0.3 is 0 Å².